The first kappa shape index (κ1) is 17.9. The average Bonchev–Trinajstić information content (AvgIpc) is 3.23. The fourth-order valence-electron chi connectivity index (χ4n) is 2.81. The van der Waals surface area contributed by atoms with Gasteiger partial charge in [0.25, 0.3) is 10.0 Å². The molecule has 0 atom stereocenters. The van der Waals surface area contributed by atoms with Crippen LogP contribution in [-0.4, -0.2) is 29.0 Å². The van der Waals surface area contributed by atoms with E-state index in [9.17, 15) is 8.42 Å². The summed E-state index contributed by atoms with van der Waals surface area (Å²) in [7, 11) is -3.75. The number of rotatable bonds is 5. The molecule has 0 unspecified atom stereocenters. The SMILES string of the molecule is Cc1ccc(-c2cccc(S(=O)(=O)Nc3cccc(-c4nn[nH]n4)c3)c2)cc1.[HH].[HH]. The number of nitrogens with zero attached hydrogens (tertiary/aromatic N) is 3. The predicted octanol–water partition coefficient (Wildman–Crippen LogP) is 4.13. The van der Waals surface area contributed by atoms with Crippen LogP contribution in [0.25, 0.3) is 22.5 Å². The Hall–Kier alpha value is -3.52. The highest BCUT2D eigenvalue weighted by molar-refractivity contribution is 7.92. The third-order valence-corrected chi connectivity index (χ3v) is 5.63. The summed E-state index contributed by atoms with van der Waals surface area (Å²) in [6, 6.07) is 21.6. The van der Waals surface area contributed by atoms with Crippen molar-refractivity contribution >= 4 is 15.7 Å². The van der Waals surface area contributed by atoms with Crippen LogP contribution in [0.5, 0.6) is 0 Å². The summed E-state index contributed by atoms with van der Waals surface area (Å²) < 4.78 is 28.4. The van der Waals surface area contributed by atoms with Crippen molar-refractivity contribution in [3.8, 4) is 22.5 Å². The van der Waals surface area contributed by atoms with E-state index < -0.39 is 10.0 Å². The number of hydrogen-bond acceptors (Lipinski definition) is 5. The molecular formula is C20H21N5O2S. The minimum absolute atomic E-state index is 0. The Bertz CT molecular complexity index is 1210. The Morgan fingerprint density at radius 1 is 0.893 bits per heavy atom. The van der Waals surface area contributed by atoms with E-state index in [-0.39, 0.29) is 7.75 Å². The van der Waals surface area contributed by atoms with E-state index in [4.69, 9.17) is 0 Å². The lowest BCUT2D eigenvalue weighted by atomic mass is 10.0. The van der Waals surface area contributed by atoms with E-state index in [0.717, 1.165) is 16.7 Å². The highest BCUT2D eigenvalue weighted by Crippen LogP contribution is 2.25. The van der Waals surface area contributed by atoms with Crippen LogP contribution in [0.1, 0.15) is 8.42 Å². The van der Waals surface area contributed by atoms with E-state index in [2.05, 4.69) is 25.3 Å². The van der Waals surface area contributed by atoms with E-state index in [1.807, 2.05) is 37.3 Å². The molecular weight excluding hydrogens is 374 g/mol. The molecule has 8 heteroatoms. The van der Waals surface area contributed by atoms with Crippen molar-refractivity contribution in [3.63, 3.8) is 0 Å². The lowest BCUT2D eigenvalue weighted by Gasteiger charge is -2.10. The van der Waals surface area contributed by atoms with Crippen LogP contribution in [0, 0.1) is 6.92 Å². The number of aromatic amines is 1. The van der Waals surface area contributed by atoms with Gasteiger partial charge in [-0.05, 0) is 47.5 Å². The van der Waals surface area contributed by atoms with Crippen molar-refractivity contribution in [3.05, 3.63) is 78.4 Å². The van der Waals surface area contributed by atoms with Gasteiger partial charge in [-0.25, -0.2) is 8.42 Å². The second-order valence-corrected chi connectivity index (χ2v) is 8.00. The first-order chi connectivity index (χ1) is 13.5. The minimum Gasteiger partial charge on any atom is -0.280 e. The van der Waals surface area contributed by atoms with Gasteiger partial charge in [0.05, 0.1) is 4.90 Å². The number of nitrogens with one attached hydrogen (secondary N) is 2. The van der Waals surface area contributed by atoms with Gasteiger partial charge in [0.15, 0.2) is 0 Å². The van der Waals surface area contributed by atoms with Gasteiger partial charge in [0, 0.05) is 14.1 Å². The molecule has 0 aliphatic rings. The van der Waals surface area contributed by atoms with Crippen molar-refractivity contribution in [2.24, 2.45) is 0 Å². The van der Waals surface area contributed by atoms with Gasteiger partial charge in [-0.3, -0.25) is 4.72 Å². The number of H-pyrrole nitrogens is 1. The lowest BCUT2D eigenvalue weighted by molar-refractivity contribution is 0.601. The average molecular weight is 395 g/mol. The first-order valence-corrected chi connectivity index (χ1v) is 10.0. The van der Waals surface area contributed by atoms with Gasteiger partial charge in [-0.15, -0.1) is 10.2 Å². The maximum Gasteiger partial charge on any atom is 0.261 e. The standard InChI is InChI=1S/C20H17N5O2S.2H2/c1-14-8-10-15(11-9-14)16-4-3-7-19(13-16)28(26,27)23-18-6-2-5-17(12-18)20-21-24-25-22-20;;/h2-13,23H,1H3,(H,21,22,24,25);2*1H. The third kappa shape index (κ3) is 3.77. The summed E-state index contributed by atoms with van der Waals surface area (Å²) in [6.07, 6.45) is 0. The molecule has 0 aliphatic carbocycles. The zero-order valence-corrected chi connectivity index (χ0v) is 15.8. The number of aromatic nitrogens is 4. The van der Waals surface area contributed by atoms with E-state index in [1.165, 1.54) is 0 Å². The van der Waals surface area contributed by atoms with Crippen molar-refractivity contribution in [1.29, 1.82) is 0 Å². The zero-order valence-electron chi connectivity index (χ0n) is 15.0. The lowest BCUT2D eigenvalue weighted by Crippen LogP contribution is -2.13. The van der Waals surface area contributed by atoms with Crippen LogP contribution in [0.4, 0.5) is 5.69 Å². The monoisotopic (exact) mass is 395 g/mol. The molecule has 1 aromatic heterocycles. The van der Waals surface area contributed by atoms with Crippen molar-refractivity contribution < 1.29 is 11.3 Å². The molecule has 3 aromatic carbocycles. The van der Waals surface area contributed by atoms with Crippen LogP contribution >= 0.6 is 0 Å². The predicted molar refractivity (Wildman–Crippen MR) is 111 cm³/mol. The molecule has 7 nitrogen and oxygen atoms in total. The summed E-state index contributed by atoms with van der Waals surface area (Å²) in [5.41, 5.74) is 4.02. The summed E-state index contributed by atoms with van der Waals surface area (Å²) in [6.45, 7) is 2.01. The van der Waals surface area contributed by atoms with Gasteiger partial charge < -0.3 is 0 Å². The van der Waals surface area contributed by atoms with Gasteiger partial charge >= 0.3 is 0 Å². The summed E-state index contributed by atoms with van der Waals surface area (Å²) >= 11 is 0. The maximum atomic E-state index is 12.9. The molecule has 1 heterocycles. The molecule has 28 heavy (non-hydrogen) atoms. The molecule has 0 aliphatic heterocycles. The van der Waals surface area contributed by atoms with Crippen molar-refractivity contribution in [2.45, 2.75) is 11.8 Å². The van der Waals surface area contributed by atoms with Crippen LogP contribution < -0.4 is 4.72 Å². The second kappa shape index (κ2) is 7.24. The number of tetrazole rings is 1. The number of sulfonamides is 1. The van der Waals surface area contributed by atoms with E-state index in [1.54, 1.807) is 42.5 Å². The van der Waals surface area contributed by atoms with Crippen molar-refractivity contribution in [2.75, 3.05) is 4.72 Å². The molecule has 0 saturated heterocycles. The van der Waals surface area contributed by atoms with Gasteiger partial charge in [0.1, 0.15) is 0 Å². The fraction of sp³-hybridized carbons (Fsp3) is 0.0500. The Labute approximate surface area is 165 Å². The van der Waals surface area contributed by atoms with Crippen LogP contribution in [0.3, 0.4) is 0 Å². The first-order valence-electron chi connectivity index (χ1n) is 8.55. The number of aryl methyl sites for hydroxylation is 1. The summed E-state index contributed by atoms with van der Waals surface area (Å²) in [4.78, 5) is 0.190. The quantitative estimate of drug-likeness (QED) is 0.529. The number of benzene rings is 3. The largest absolute Gasteiger partial charge is 0.280 e. The zero-order chi connectivity index (χ0) is 19.6. The minimum atomic E-state index is -3.75. The number of anilines is 1. The van der Waals surface area contributed by atoms with Crippen LogP contribution in [0.15, 0.2) is 77.7 Å². The smallest absolute Gasteiger partial charge is 0.261 e. The van der Waals surface area contributed by atoms with Crippen LogP contribution in [-0.2, 0) is 10.0 Å². The topological polar surface area (TPSA) is 101 Å². The van der Waals surface area contributed by atoms with E-state index in [0.29, 0.717) is 17.1 Å². The summed E-state index contributed by atoms with van der Waals surface area (Å²) in [5, 5.41) is 13.7. The molecule has 4 aromatic rings. The molecule has 0 fully saturated rings. The van der Waals surface area contributed by atoms with Crippen LogP contribution in [0.2, 0.25) is 0 Å². The Kier molecular flexibility index (Phi) is 4.62. The highest BCUT2D eigenvalue weighted by atomic mass is 32.2. The molecule has 0 spiro atoms. The highest BCUT2D eigenvalue weighted by Gasteiger charge is 2.16. The second-order valence-electron chi connectivity index (χ2n) is 6.32. The Morgan fingerprint density at radius 2 is 1.64 bits per heavy atom. The van der Waals surface area contributed by atoms with Gasteiger partial charge in [-0.1, -0.05) is 54.1 Å². The fourth-order valence-corrected chi connectivity index (χ4v) is 3.90. The molecule has 0 bridgehead atoms. The Morgan fingerprint density at radius 3 is 2.39 bits per heavy atom. The third-order valence-electron chi connectivity index (χ3n) is 4.25. The van der Waals surface area contributed by atoms with Gasteiger partial charge in [-0.2, -0.15) is 5.21 Å². The molecule has 144 valence electrons. The van der Waals surface area contributed by atoms with E-state index >= 15 is 0 Å². The van der Waals surface area contributed by atoms with Gasteiger partial charge in [0.2, 0.25) is 5.82 Å². The normalized spacial score (nSPS) is 11.3. The Balaban J connectivity index is 0.00000160. The summed E-state index contributed by atoms with van der Waals surface area (Å²) in [5.74, 6) is 0.391. The molecule has 4 rings (SSSR count). The molecule has 0 amide bonds. The molecule has 0 saturated carbocycles. The maximum absolute atomic E-state index is 12.9. The van der Waals surface area contributed by atoms with Crippen molar-refractivity contribution in [1.82, 2.24) is 20.6 Å². The molecule has 0 radical (unpaired) electrons. The number of hydrogen-bond donors (Lipinski definition) is 2. The molecule has 2 N–H and O–H groups in total.